The number of fused-ring (bicyclic) bond motifs is 1. The molecule has 28 heavy (non-hydrogen) atoms. The maximum Gasteiger partial charge on any atom is 0.229 e. The van der Waals surface area contributed by atoms with Crippen LogP contribution in [0.1, 0.15) is 51.3 Å². The van der Waals surface area contributed by atoms with Gasteiger partial charge in [0.1, 0.15) is 5.82 Å². The Morgan fingerprint density at radius 2 is 1.89 bits per heavy atom. The highest BCUT2D eigenvalue weighted by molar-refractivity contribution is 5.93. The van der Waals surface area contributed by atoms with Crippen LogP contribution in [-0.4, -0.2) is 26.2 Å². The Hall–Kier alpha value is -1.63. The second-order valence-corrected chi connectivity index (χ2v) is 7.92. The van der Waals surface area contributed by atoms with Crippen LogP contribution in [0.2, 0.25) is 0 Å². The summed E-state index contributed by atoms with van der Waals surface area (Å²) < 4.78 is 2.21. The van der Waals surface area contributed by atoms with Crippen molar-refractivity contribution in [3.8, 4) is 11.4 Å². The normalized spacial score (nSPS) is 23.7. The number of anilines is 1. The monoisotopic (exact) mass is 425 g/mol. The van der Waals surface area contributed by atoms with Gasteiger partial charge in [-0.1, -0.05) is 12.8 Å². The number of hydrogen-bond acceptors (Lipinski definition) is 4. The highest BCUT2D eigenvalue weighted by atomic mass is 35.5. The molecule has 2 aromatic rings. The molecule has 0 spiro atoms. The van der Waals surface area contributed by atoms with Gasteiger partial charge in [0.05, 0.1) is 5.92 Å². The third kappa shape index (κ3) is 4.50. The van der Waals surface area contributed by atoms with E-state index in [4.69, 9.17) is 5.73 Å². The molecule has 2 heterocycles. The summed E-state index contributed by atoms with van der Waals surface area (Å²) in [7, 11) is 0. The van der Waals surface area contributed by atoms with Gasteiger partial charge in [-0.3, -0.25) is 4.79 Å². The molecule has 2 unspecified atom stereocenters. The number of nitrogens with one attached hydrogen (secondary N) is 1. The van der Waals surface area contributed by atoms with E-state index >= 15 is 0 Å². The van der Waals surface area contributed by atoms with Crippen molar-refractivity contribution in [3.05, 3.63) is 30.1 Å². The van der Waals surface area contributed by atoms with E-state index in [0.717, 1.165) is 61.5 Å². The Kier molecular flexibility index (Phi) is 7.48. The number of nitrogens with zero attached hydrogens (tertiary/aromatic N) is 3. The van der Waals surface area contributed by atoms with Crippen LogP contribution in [0.5, 0.6) is 0 Å². The summed E-state index contributed by atoms with van der Waals surface area (Å²) in [5.41, 5.74) is 7.77. The second-order valence-electron chi connectivity index (χ2n) is 7.92. The summed E-state index contributed by atoms with van der Waals surface area (Å²) in [6, 6.07) is 7.89. The lowest BCUT2D eigenvalue weighted by Crippen LogP contribution is -2.51. The summed E-state index contributed by atoms with van der Waals surface area (Å²) in [5.74, 6) is 1.89. The smallest absolute Gasteiger partial charge is 0.229 e. The SMILES string of the molecule is CC1(N)CCCCC1C(=O)Nc1ccc(-c2nnc3n2CCCC3)cc1.Cl.Cl. The minimum Gasteiger partial charge on any atom is -0.326 e. The highest BCUT2D eigenvalue weighted by Gasteiger charge is 2.37. The predicted molar refractivity (Wildman–Crippen MR) is 116 cm³/mol. The molecular formula is C20H29Cl2N5O. The van der Waals surface area contributed by atoms with E-state index in [1.807, 2.05) is 31.2 Å². The lowest BCUT2D eigenvalue weighted by Gasteiger charge is -2.37. The first kappa shape index (κ1) is 22.7. The fraction of sp³-hybridized carbons (Fsp3) is 0.550. The maximum atomic E-state index is 12.7. The molecule has 154 valence electrons. The van der Waals surface area contributed by atoms with Crippen LogP contribution in [0.3, 0.4) is 0 Å². The van der Waals surface area contributed by atoms with E-state index in [-0.39, 0.29) is 36.6 Å². The van der Waals surface area contributed by atoms with E-state index in [0.29, 0.717) is 0 Å². The largest absolute Gasteiger partial charge is 0.326 e. The fourth-order valence-corrected chi connectivity index (χ4v) is 4.24. The maximum absolute atomic E-state index is 12.7. The summed E-state index contributed by atoms with van der Waals surface area (Å²) in [6.07, 6.45) is 7.30. The number of aryl methyl sites for hydroxylation is 1. The van der Waals surface area contributed by atoms with Gasteiger partial charge in [0.25, 0.3) is 0 Å². The number of nitrogens with two attached hydrogens (primary N) is 1. The van der Waals surface area contributed by atoms with Crippen LogP contribution in [0.15, 0.2) is 24.3 Å². The molecule has 0 bridgehead atoms. The van der Waals surface area contributed by atoms with E-state index in [2.05, 4.69) is 20.1 Å². The minimum absolute atomic E-state index is 0. The number of amides is 1. The minimum atomic E-state index is -0.414. The van der Waals surface area contributed by atoms with Crippen LogP contribution >= 0.6 is 24.8 Å². The zero-order valence-electron chi connectivity index (χ0n) is 16.2. The molecule has 1 amide bonds. The van der Waals surface area contributed by atoms with Gasteiger partial charge in [-0.15, -0.1) is 35.0 Å². The van der Waals surface area contributed by atoms with E-state index < -0.39 is 5.54 Å². The van der Waals surface area contributed by atoms with Gasteiger partial charge in [-0.05, 0) is 56.9 Å². The molecule has 0 radical (unpaired) electrons. The first-order valence-corrected chi connectivity index (χ1v) is 9.67. The Balaban J connectivity index is 0.00000140. The molecular weight excluding hydrogens is 397 g/mol. The Labute approximate surface area is 178 Å². The topological polar surface area (TPSA) is 85.8 Å². The Morgan fingerprint density at radius 1 is 1.14 bits per heavy atom. The number of benzene rings is 1. The summed E-state index contributed by atoms with van der Waals surface area (Å²) in [5, 5.41) is 11.7. The Bertz CT molecular complexity index is 803. The summed E-state index contributed by atoms with van der Waals surface area (Å²) in [4.78, 5) is 12.7. The van der Waals surface area contributed by atoms with Crippen LogP contribution in [0.4, 0.5) is 5.69 Å². The van der Waals surface area contributed by atoms with Gasteiger partial charge >= 0.3 is 0 Å². The Morgan fingerprint density at radius 3 is 2.61 bits per heavy atom. The summed E-state index contributed by atoms with van der Waals surface area (Å²) >= 11 is 0. The number of hydrogen-bond donors (Lipinski definition) is 2. The van der Waals surface area contributed by atoms with Crippen molar-refractivity contribution in [1.29, 1.82) is 0 Å². The number of halogens is 2. The molecule has 1 aromatic carbocycles. The number of rotatable bonds is 3. The molecule has 4 rings (SSSR count). The van der Waals surface area contributed by atoms with E-state index in [1.165, 1.54) is 12.8 Å². The molecule has 1 aliphatic heterocycles. The van der Waals surface area contributed by atoms with Crippen molar-refractivity contribution in [2.75, 3.05) is 5.32 Å². The van der Waals surface area contributed by atoms with Crippen molar-refractivity contribution >= 4 is 36.4 Å². The number of carbonyl (C=O) groups excluding carboxylic acids is 1. The average Bonchev–Trinajstić information content (AvgIpc) is 3.06. The third-order valence-electron chi connectivity index (χ3n) is 5.84. The zero-order valence-corrected chi connectivity index (χ0v) is 17.8. The first-order valence-electron chi connectivity index (χ1n) is 9.67. The highest BCUT2D eigenvalue weighted by Crippen LogP contribution is 2.32. The molecule has 8 heteroatoms. The fourth-order valence-electron chi connectivity index (χ4n) is 4.24. The number of aromatic nitrogens is 3. The molecule has 2 aliphatic rings. The molecule has 1 saturated carbocycles. The standard InChI is InChI=1S/C20H27N5O.2ClH/c1-20(21)12-4-2-6-16(20)19(26)22-15-10-8-14(9-11-15)18-24-23-17-7-3-5-13-25(17)18;;/h8-11,16H,2-7,12-13,21H2,1H3,(H,22,26);2*1H. The van der Waals surface area contributed by atoms with Gasteiger partial charge in [0, 0.05) is 29.8 Å². The molecule has 0 saturated heterocycles. The molecule has 1 aromatic heterocycles. The first-order chi connectivity index (χ1) is 12.5. The lowest BCUT2D eigenvalue weighted by molar-refractivity contribution is -0.122. The van der Waals surface area contributed by atoms with Gasteiger partial charge in [0.15, 0.2) is 5.82 Å². The van der Waals surface area contributed by atoms with Crippen molar-refractivity contribution in [2.45, 2.75) is 64.0 Å². The van der Waals surface area contributed by atoms with Gasteiger partial charge in [-0.25, -0.2) is 0 Å². The average molecular weight is 426 g/mol. The van der Waals surface area contributed by atoms with E-state index in [9.17, 15) is 4.79 Å². The molecule has 6 nitrogen and oxygen atoms in total. The summed E-state index contributed by atoms with van der Waals surface area (Å²) in [6.45, 7) is 2.97. The predicted octanol–water partition coefficient (Wildman–Crippen LogP) is 3.97. The van der Waals surface area contributed by atoms with Crippen molar-refractivity contribution in [3.63, 3.8) is 0 Å². The lowest BCUT2D eigenvalue weighted by atomic mass is 9.74. The van der Waals surface area contributed by atoms with Gasteiger partial charge in [-0.2, -0.15) is 0 Å². The van der Waals surface area contributed by atoms with Crippen molar-refractivity contribution in [1.82, 2.24) is 14.8 Å². The number of carbonyl (C=O) groups is 1. The quantitative estimate of drug-likeness (QED) is 0.778. The van der Waals surface area contributed by atoms with Crippen molar-refractivity contribution in [2.24, 2.45) is 11.7 Å². The van der Waals surface area contributed by atoms with E-state index in [1.54, 1.807) is 0 Å². The van der Waals surface area contributed by atoms with Crippen LogP contribution in [0.25, 0.3) is 11.4 Å². The molecule has 1 fully saturated rings. The van der Waals surface area contributed by atoms with Crippen LogP contribution < -0.4 is 11.1 Å². The second kappa shape index (κ2) is 9.25. The third-order valence-corrected chi connectivity index (χ3v) is 5.84. The van der Waals surface area contributed by atoms with Crippen LogP contribution in [0, 0.1) is 5.92 Å². The van der Waals surface area contributed by atoms with Crippen molar-refractivity contribution < 1.29 is 4.79 Å². The van der Waals surface area contributed by atoms with Gasteiger partial charge < -0.3 is 15.6 Å². The molecule has 2 atom stereocenters. The molecule has 1 aliphatic carbocycles. The van der Waals surface area contributed by atoms with Gasteiger partial charge in [0.2, 0.25) is 5.91 Å². The van der Waals surface area contributed by atoms with Crippen LogP contribution in [-0.2, 0) is 17.8 Å². The zero-order chi connectivity index (χ0) is 18.1. The molecule has 3 N–H and O–H groups in total.